The van der Waals surface area contributed by atoms with Crippen LogP contribution in [-0.4, -0.2) is 13.2 Å². The Morgan fingerprint density at radius 3 is 2.86 bits per heavy atom. The summed E-state index contributed by atoms with van der Waals surface area (Å²) in [5, 5.41) is 0. The lowest BCUT2D eigenvalue weighted by Gasteiger charge is -2.10. The second kappa shape index (κ2) is 4.01. The topological polar surface area (TPSA) is 35.2 Å². The minimum atomic E-state index is 0.395. The highest BCUT2D eigenvalue weighted by atomic mass is 16.5. The van der Waals surface area contributed by atoms with Gasteiger partial charge in [-0.05, 0) is 42.9 Å². The molecule has 2 atom stereocenters. The van der Waals surface area contributed by atoms with E-state index in [1.807, 2.05) is 6.07 Å². The molecule has 1 aromatic carbocycles. The highest BCUT2D eigenvalue weighted by Crippen LogP contribution is 2.34. The van der Waals surface area contributed by atoms with E-state index in [1.54, 1.807) is 7.11 Å². The Kier molecular flexibility index (Phi) is 2.73. The van der Waals surface area contributed by atoms with Crippen LogP contribution in [0.15, 0.2) is 24.3 Å². The molecule has 2 heteroatoms. The van der Waals surface area contributed by atoms with Gasteiger partial charge in [0, 0.05) is 6.04 Å². The summed E-state index contributed by atoms with van der Waals surface area (Å²) in [6, 6.07) is 8.73. The molecule has 76 valence electrons. The van der Waals surface area contributed by atoms with Crippen LogP contribution in [0.4, 0.5) is 0 Å². The van der Waals surface area contributed by atoms with E-state index in [1.165, 1.54) is 12.0 Å². The predicted molar refractivity (Wildman–Crippen MR) is 57.6 cm³/mol. The number of benzene rings is 1. The van der Waals surface area contributed by atoms with Gasteiger partial charge in [-0.25, -0.2) is 0 Å². The van der Waals surface area contributed by atoms with Crippen LogP contribution in [0.25, 0.3) is 0 Å². The lowest BCUT2D eigenvalue weighted by molar-refractivity contribution is 0.413. The summed E-state index contributed by atoms with van der Waals surface area (Å²) in [5.74, 6) is 1.59. The lowest BCUT2D eigenvalue weighted by atomic mass is 9.97. The van der Waals surface area contributed by atoms with Gasteiger partial charge >= 0.3 is 0 Å². The average molecular weight is 191 g/mol. The molecule has 1 aliphatic carbocycles. The standard InChI is InChI=1S/C12H17NO/c1-14-12-4-2-3-9(8-12)10-5-6-11(13)7-10/h2-4,8,10-11H,5-7,13H2,1H3. The monoisotopic (exact) mass is 191 g/mol. The molecule has 0 bridgehead atoms. The van der Waals surface area contributed by atoms with Crippen LogP contribution in [0.2, 0.25) is 0 Å². The Hall–Kier alpha value is -1.02. The molecule has 0 spiro atoms. The molecule has 2 N–H and O–H groups in total. The summed E-state index contributed by atoms with van der Waals surface area (Å²) in [4.78, 5) is 0. The highest BCUT2D eigenvalue weighted by Gasteiger charge is 2.23. The third kappa shape index (κ3) is 1.90. The summed E-state index contributed by atoms with van der Waals surface area (Å²) >= 11 is 0. The molecule has 2 unspecified atom stereocenters. The highest BCUT2D eigenvalue weighted by molar-refractivity contribution is 5.31. The average Bonchev–Trinajstić information content (AvgIpc) is 2.65. The SMILES string of the molecule is COc1cccc(C2CCC(N)C2)c1. The van der Waals surface area contributed by atoms with Crippen LogP contribution in [0.1, 0.15) is 30.7 Å². The van der Waals surface area contributed by atoms with Crippen molar-refractivity contribution in [2.24, 2.45) is 5.73 Å². The van der Waals surface area contributed by atoms with Crippen molar-refractivity contribution in [2.75, 3.05) is 7.11 Å². The maximum absolute atomic E-state index is 5.90. The maximum atomic E-state index is 5.90. The molecule has 0 aromatic heterocycles. The van der Waals surface area contributed by atoms with E-state index in [0.717, 1.165) is 18.6 Å². The molecule has 14 heavy (non-hydrogen) atoms. The molecule has 0 saturated heterocycles. The summed E-state index contributed by atoms with van der Waals surface area (Å²) in [6.07, 6.45) is 3.49. The minimum absolute atomic E-state index is 0.395. The zero-order valence-corrected chi connectivity index (χ0v) is 8.57. The molecule has 0 radical (unpaired) electrons. The molecular weight excluding hydrogens is 174 g/mol. The van der Waals surface area contributed by atoms with Crippen molar-refractivity contribution in [1.82, 2.24) is 0 Å². The zero-order chi connectivity index (χ0) is 9.97. The molecule has 0 heterocycles. The molecule has 2 rings (SSSR count). The summed E-state index contributed by atoms with van der Waals surface area (Å²) in [7, 11) is 1.71. The second-order valence-electron chi connectivity index (χ2n) is 4.05. The fourth-order valence-electron chi connectivity index (χ4n) is 2.21. The van der Waals surface area contributed by atoms with Crippen molar-refractivity contribution < 1.29 is 4.74 Å². The largest absolute Gasteiger partial charge is 0.497 e. The van der Waals surface area contributed by atoms with E-state index >= 15 is 0 Å². The van der Waals surface area contributed by atoms with E-state index in [2.05, 4.69) is 18.2 Å². The minimum Gasteiger partial charge on any atom is -0.497 e. The molecule has 0 aliphatic heterocycles. The summed E-state index contributed by atoms with van der Waals surface area (Å²) in [6.45, 7) is 0. The van der Waals surface area contributed by atoms with Crippen molar-refractivity contribution in [1.29, 1.82) is 0 Å². The van der Waals surface area contributed by atoms with Gasteiger partial charge in [-0.2, -0.15) is 0 Å². The third-order valence-electron chi connectivity index (χ3n) is 3.04. The van der Waals surface area contributed by atoms with Crippen molar-refractivity contribution in [2.45, 2.75) is 31.2 Å². The molecule has 1 aromatic rings. The van der Waals surface area contributed by atoms with Crippen LogP contribution >= 0.6 is 0 Å². The van der Waals surface area contributed by atoms with Crippen LogP contribution in [0.5, 0.6) is 5.75 Å². The van der Waals surface area contributed by atoms with Crippen molar-refractivity contribution in [3.8, 4) is 5.75 Å². The van der Waals surface area contributed by atoms with E-state index < -0.39 is 0 Å². The predicted octanol–water partition coefficient (Wildman–Crippen LogP) is 2.29. The Morgan fingerprint density at radius 2 is 2.21 bits per heavy atom. The smallest absolute Gasteiger partial charge is 0.119 e. The van der Waals surface area contributed by atoms with Gasteiger partial charge in [-0.1, -0.05) is 12.1 Å². The zero-order valence-electron chi connectivity index (χ0n) is 8.57. The molecule has 2 nitrogen and oxygen atoms in total. The quantitative estimate of drug-likeness (QED) is 0.778. The molecule has 0 amide bonds. The Morgan fingerprint density at radius 1 is 1.36 bits per heavy atom. The molecular formula is C12H17NO. The van der Waals surface area contributed by atoms with Gasteiger partial charge in [0.25, 0.3) is 0 Å². The fraction of sp³-hybridized carbons (Fsp3) is 0.500. The Labute approximate surface area is 85.1 Å². The van der Waals surface area contributed by atoms with E-state index in [0.29, 0.717) is 12.0 Å². The normalized spacial score (nSPS) is 26.4. The van der Waals surface area contributed by atoms with Crippen LogP contribution < -0.4 is 10.5 Å². The number of hydrogen-bond donors (Lipinski definition) is 1. The maximum Gasteiger partial charge on any atom is 0.119 e. The number of hydrogen-bond acceptors (Lipinski definition) is 2. The van der Waals surface area contributed by atoms with Gasteiger partial charge in [0.15, 0.2) is 0 Å². The van der Waals surface area contributed by atoms with E-state index in [-0.39, 0.29) is 0 Å². The second-order valence-corrected chi connectivity index (χ2v) is 4.05. The summed E-state index contributed by atoms with van der Waals surface area (Å²) < 4.78 is 5.21. The first kappa shape index (κ1) is 9.53. The Bertz CT molecular complexity index is 311. The first-order valence-corrected chi connectivity index (χ1v) is 5.19. The number of ether oxygens (including phenoxy) is 1. The Balaban J connectivity index is 2.15. The lowest BCUT2D eigenvalue weighted by Crippen LogP contribution is -2.14. The number of methoxy groups -OCH3 is 1. The number of rotatable bonds is 2. The van der Waals surface area contributed by atoms with Crippen LogP contribution in [0.3, 0.4) is 0 Å². The first-order valence-electron chi connectivity index (χ1n) is 5.19. The van der Waals surface area contributed by atoms with Gasteiger partial charge in [-0.15, -0.1) is 0 Å². The van der Waals surface area contributed by atoms with E-state index in [4.69, 9.17) is 10.5 Å². The van der Waals surface area contributed by atoms with Crippen molar-refractivity contribution in [3.63, 3.8) is 0 Å². The van der Waals surface area contributed by atoms with Crippen LogP contribution in [0, 0.1) is 0 Å². The fourth-order valence-corrected chi connectivity index (χ4v) is 2.21. The molecule has 1 aliphatic rings. The third-order valence-corrected chi connectivity index (χ3v) is 3.04. The van der Waals surface area contributed by atoms with Gasteiger partial charge < -0.3 is 10.5 Å². The summed E-state index contributed by atoms with van der Waals surface area (Å²) in [5.41, 5.74) is 7.27. The van der Waals surface area contributed by atoms with Gasteiger partial charge in [0.1, 0.15) is 5.75 Å². The van der Waals surface area contributed by atoms with Gasteiger partial charge in [0.2, 0.25) is 0 Å². The van der Waals surface area contributed by atoms with Crippen molar-refractivity contribution in [3.05, 3.63) is 29.8 Å². The van der Waals surface area contributed by atoms with Gasteiger partial charge in [0.05, 0.1) is 7.11 Å². The van der Waals surface area contributed by atoms with E-state index in [9.17, 15) is 0 Å². The van der Waals surface area contributed by atoms with Gasteiger partial charge in [-0.3, -0.25) is 0 Å². The first-order chi connectivity index (χ1) is 6.79. The number of nitrogens with two attached hydrogens (primary N) is 1. The van der Waals surface area contributed by atoms with Crippen LogP contribution in [-0.2, 0) is 0 Å². The van der Waals surface area contributed by atoms with Crippen molar-refractivity contribution >= 4 is 0 Å². The molecule has 1 fully saturated rings. The molecule has 1 saturated carbocycles.